The molecule has 0 aliphatic rings. The van der Waals surface area contributed by atoms with E-state index in [1.165, 1.54) is 6.07 Å². The molecule has 106 valence electrons. The lowest BCUT2D eigenvalue weighted by Gasteiger charge is -2.22. The molecule has 1 heterocycles. The molecule has 2 aromatic rings. The number of pyridine rings is 1. The Kier molecular flexibility index (Phi) is 4.20. The Labute approximate surface area is 117 Å². The molecule has 0 bridgehead atoms. The molecule has 0 aliphatic heterocycles. The monoisotopic (exact) mass is 274 g/mol. The van der Waals surface area contributed by atoms with Crippen LogP contribution in [-0.4, -0.2) is 33.8 Å². The van der Waals surface area contributed by atoms with Crippen LogP contribution in [0.4, 0.5) is 5.69 Å². The predicted octanol–water partition coefficient (Wildman–Crippen LogP) is 2.36. The number of aliphatic hydroxyl groups is 1. The Hall–Kier alpha value is -2.14. The number of carboxylic acid groups (broad SMARTS) is 1. The number of aliphatic hydroxyl groups excluding tert-OH is 1. The van der Waals surface area contributed by atoms with Gasteiger partial charge in [-0.15, -0.1) is 0 Å². The number of nitrogens with zero attached hydrogens (tertiary/aromatic N) is 1. The van der Waals surface area contributed by atoms with E-state index in [-0.39, 0.29) is 24.3 Å². The molecular formula is C15H18N2O3. The molecule has 5 heteroatoms. The summed E-state index contributed by atoms with van der Waals surface area (Å²) in [6.07, 6.45) is 0. The lowest BCUT2D eigenvalue weighted by Crippen LogP contribution is -2.29. The number of nitrogens with one attached hydrogen (secondary N) is 1. The number of anilines is 1. The van der Waals surface area contributed by atoms with Crippen molar-refractivity contribution < 1.29 is 15.0 Å². The largest absolute Gasteiger partial charge is 0.477 e. The molecule has 20 heavy (non-hydrogen) atoms. The van der Waals surface area contributed by atoms with Crippen molar-refractivity contribution >= 4 is 22.6 Å². The molecule has 1 atom stereocenters. The van der Waals surface area contributed by atoms with E-state index in [4.69, 9.17) is 5.11 Å². The van der Waals surface area contributed by atoms with Crippen LogP contribution in [0.5, 0.6) is 0 Å². The molecule has 0 aliphatic carbocycles. The van der Waals surface area contributed by atoms with Gasteiger partial charge in [-0.1, -0.05) is 32.0 Å². The third-order valence-corrected chi connectivity index (χ3v) is 3.28. The van der Waals surface area contributed by atoms with Crippen molar-refractivity contribution in [3.8, 4) is 0 Å². The van der Waals surface area contributed by atoms with E-state index in [2.05, 4.69) is 10.3 Å². The zero-order valence-corrected chi connectivity index (χ0v) is 11.5. The van der Waals surface area contributed by atoms with Gasteiger partial charge in [-0.05, 0) is 18.1 Å². The number of carbonyl (C=O) groups is 1. The third kappa shape index (κ3) is 2.88. The number of carboxylic acids is 1. The Morgan fingerprint density at radius 3 is 2.65 bits per heavy atom. The number of aromatic nitrogens is 1. The summed E-state index contributed by atoms with van der Waals surface area (Å²) in [6.45, 7) is 3.97. The van der Waals surface area contributed by atoms with E-state index in [0.29, 0.717) is 11.2 Å². The van der Waals surface area contributed by atoms with Crippen molar-refractivity contribution in [2.75, 3.05) is 11.9 Å². The first-order valence-corrected chi connectivity index (χ1v) is 6.53. The molecule has 0 spiro atoms. The second-order valence-corrected chi connectivity index (χ2v) is 5.05. The van der Waals surface area contributed by atoms with Crippen molar-refractivity contribution in [3.05, 3.63) is 36.0 Å². The molecule has 5 nitrogen and oxygen atoms in total. The molecule has 0 saturated carbocycles. The van der Waals surface area contributed by atoms with Gasteiger partial charge in [-0.25, -0.2) is 9.78 Å². The molecule has 0 amide bonds. The molecule has 0 unspecified atom stereocenters. The van der Waals surface area contributed by atoms with Gasteiger partial charge in [0.2, 0.25) is 0 Å². The van der Waals surface area contributed by atoms with Gasteiger partial charge in [-0.3, -0.25) is 0 Å². The van der Waals surface area contributed by atoms with Crippen LogP contribution >= 0.6 is 0 Å². The number of benzene rings is 1. The molecule has 0 fully saturated rings. The molecule has 2 rings (SSSR count). The van der Waals surface area contributed by atoms with Gasteiger partial charge in [0.25, 0.3) is 0 Å². The minimum atomic E-state index is -1.07. The van der Waals surface area contributed by atoms with Crippen LogP contribution in [0.25, 0.3) is 10.9 Å². The van der Waals surface area contributed by atoms with Crippen molar-refractivity contribution in [2.24, 2.45) is 5.92 Å². The molecule has 3 N–H and O–H groups in total. The molecule has 1 aromatic carbocycles. The summed E-state index contributed by atoms with van der Waals surface area (Å²) in [6, 6.07) is 8.72. The summed E-state index contributed by atoms with van der Waals surface area (Å²) in [7, 11) is 0. The fourth-order valence-corrected chi connectivity index (χ4v) is 2.03. The minimum Gasteiger partial charge on any atom is -0.477 e. The fourth-order valence-electron chi connectivity index (χ4n) is 2.03. The Morgan fingerprint density at radius 2 is 2.05 bits per heavy atom. The lowest BCUT2D eigenvalue weighted by molar-refractivity contribution is 0.0691. The quantitative estimate of drug-likeness (QED) is 0.779. The first kappa shape index (κ1) is 14.3. The van der Waals surface area contributed by atoms with Crippen molar-refractivity contribution in [1.29, 1.82) is 0 Å². The Balaban J connectivity index is 2.52. The summed E-state index contributed by atoms with van der Waals surface area (Å²) in [5.74, 6) is -0.843. The average molecular weight is 274 g/mol. The number of rotatable bonds is 5. The van der Waals surface area contributed by atoms with Gasteiger partial charge in [-0.2, -0.15) is 0 Å². The fraction of sp³-hybridized carbons (Fsp3) is 0.333. The van der Waals surface area contributed by atoms with Crippen LogP contribution in [0.1, 0.15) is 24.3 Å². The van der Waals surface area contributed by atoms with Crippen molar-refractivity contribution in [2.45, 2.75) is 19.9 Å². The van der Waals surface area contributed by atoms with Gasteiger partial charge >= 0.3 is 5.97 Å². The highest BCUT2D eigenvalue weighted by Crippen LogP contribution is 2.25. The van der Waals surface area contributed by atoms with Gasteiger partial charge in [0, 0.05) is 11.1 Å². The van der Waals surface area contributed by atoms with E-state index in [0.717, 1.165) is 5.39 Å². The molecule has 0 saturated heterocycles. The Morgan fingerprint density at radius 1 is 1.35 bits per heavy atom. The highest BCUT2D eigenvalue weighted by atomic mass is 16.4. The van der Waals surface area contributed by atoms with Gasteiger partial charge in [0.1, 0.15) is 0 Å². The first-order valence-electron chi connectivity index (χ1n) is 6.53. The SMILES string of the molecule is CC(C)[C@@H](CO)Nc1cc(C(=O)O)nc2ccccc12. The normalized spacial score (nSPS) is 12.6. The van der Waals surface area contributed by atoms with E-state index in [9.17, 15) is 9.90 Å². The summed E-state index contributed by atoms with van der Waals surface area (Å²) in [4.78, 5) is 15.3. The maximum absolute atomic E-state index is 11.1. The summed E-state index contributed by atoms with van der Waals surface area (Å²) in [5.41, 5.74) is 1.29. The highest BCUT2D eigenvalue weighted by Gasteiger charge is 2.16. The van der Waals surface area contributed by atoms with Crippen LogP contribution in [0.15, 0.2) is 30.3 Å². The van der Waals surface area contributed by atoms with E-state index >= 15 is 0 Å². The minimum absolute atomic E-state index is 0.00774. The highest BCUT2D eigenvalue weighted by molar-refractivity contribution is 5.97. The lowest BCUT2D eigenvalue weighted by atomic mass is 10.0. The van der Waals surface area contributed by atoms with E-state index < -0.39 is 5.97 Å². The van der Waals surface area contributed by atoms with Crippen LogP contribution < -0.4 is 5.32 Å². The maximum Gasteiger partial charge on any atom is 0.354 e. The van der Waals surface area contributed by atoms with Gasteiger partial charge < -0.3 is 15.5 Å². The summed E-state index contributed by atoms with van der Waals surface area (Å²) < 4.78 is 0. The summed E-state index contributed by atoms with van der Waals surface area (Å²) >= 11 is 0. The number of aromatic carboxylic acids is 1. The number of para-hydroxylation sites is 1. The zero-order valence-electron chi connectivity index (χ0n) is 11.5. The zero-order chi connectivity index (χ0) is 14.7. The molecule has 1 aromatic heterocycles. The maximum atomic E-state index is 11.1. The Bertz CT molecular complexity index is 626. The van der Waals surface area contributed by atoms with Crippen LogP contribution in [-0.2, 0) is 0 Å². The second-order valence-electron chi connectivity index (χ2n) is 5.05. The average Bonchev–Trinajstić information content (AvgIpc) is 2.43. The number of hydrogen-bond acceptors (Lipinski definition) is 4. The van der Waals surface area contributed by atoms with Crippen LogP contribution in [0.3, 0.4) is 0 Å². The number of fused-ring (bicyclic) bond motifs is 1. The van der Waals surface area contributed by atoms with Crippen molar-refractivity contribution in [1.82, 2.24) is 4.98 Å². The molecular weight excluding hydrogens is 256 g/mol. The predicted molar refractivity (Wildman–Crippen MR) is 78.0 cm³/mol. The second kappa shape index (κ2) is 5.88. The topological polar surface area (TPSA) is 82.5 Å². The smallest absolute Gasteiger partial charge is 0.354 e. The van der Waals surface area contributed by atoms with Crippen molar-refractivity contribution in [3.63, 3.8) is 0 Å². The standard InChI is InChI=1S/C15H18N2O3/c1-9(2)14(8-18)17-12-7-13(15(19)20)16-11-6-4-3-5-10(11)12/h3-7,9,14,18H,8H2,1-2H3,(H,16,17)(H,19,20)/t14-/m1/s1. The van der Waals surface area contributed by atoms with Gasteiger partial charge in [0.15, 0.2) is 5.69 Å². The van der Waals surface area contributed by atoms with Crippen LogP contribution in [0.2, 0.25) is 0 Å². The van der Waals surface area contributed by atoms with E-state index in [1.807, 2.05) is 32.0 Å². The third-order valence-electron chi connectivity index (χ3n) is 3.28. The molecule has 0 radical (unpaired) electrons. The van der Waals surface area contributed by atoms with E-state index in [1.54, 1.807) is 6.07 Å². The number of hydrogen-bond donors (Lipinski definition) is 3. The van der Waals surface area contributed by atoms with Crippen LogP contribution in [0, 0.1) is 5.92 Å². The van der Waals surface area contributed by atoms with Gasteiger partial charge in [0.05, 0.1) is 18.2 Å². The first-order chi connectivity index (χ1) is 9.52. The summed E-state index contributed by atoms with van der Waals surface area (Å²) in [5, 5.41) is 22.6.